The fraction of sp³-hybridized carbons (Fsp3) is 0.389. The quantitative estimate of drug-likeness (QED) is 0.806. The van der Waals surface area contributed by atoms with Crippen LogP contribution >= 0.6 is 0 Å². The number of aromatic nitrogens is 4. The van der Waals surface area contributed by atoms with Crippen molar-refractivity contribution in [2.75, 3.05) is 13.1 Å². The largest absolute Gasteiger partial charge is 0.336 e. The van der Waals surface area contributed by atoms with Crippen molar-refractivity contribution in [3.8, 4) is 0 Å². The summed E-state index contributed by atoms with van der Waals surface area (Å²) in [5, 5.41) is 12.9. The number of rotatable bonds is 3. The Morgan fingerprint density at radius 2 is 2.08 bits per heavy atom. The third-order valence-corrected chi connectivity index (χ3v) is 5.14. The zero-order chi connectivity index (χ0) is 16.1. The van der Waals surface area contributed by atoms with Crippen LogP contribution in [-0.2, 0) is 0 Å². The number of nitrogens with zero attached hydrogens (tertiary/aromatic N) is 4. The molecule has 1 atom stereocenters. The van der Waals surface area contributed by atoms with Crippen LogP contribution in [0.15, 0.2) is 36.7 Å². The normalized spacial score (nSPS) is 20.8. The smallest absolute Gasteiger partial charge is 0.257 e. The summed E-state index contributed by atoms with van der Waals surface area (Å²) < 4.78 is 2.02. The summed E-state index contributed by atoms with van der Waals surface area (Å²) in [7, 11) is 0. The molecule has 24 heavy (non-hydrogen) atoms. The highest BCUT2D eigenvalue weighted by Crippen LogP contribution is 2.41. The molecule has 3 heterocycles. The van der Waals surface area contributed by atoms with Crippen molar-refractivity contribution in [3.05, 3.63) is 47.9 Å². The maximum atomic E-state index is 12.8. The Kier molecular flexibility index (Phi) is 2.98. The van der Waals surface area contributed by atoms with E-state index in [9.17, 15) is 4.79 Å². The van der Waals surface area contributed by atoms with Crippen molar-refractivity contribution in [2.45, 2.75) is 31.2 Å². The van der Waals surface area contributed by atoms with Gasteiger partial charge in [0, 0.05) is 30.6 Å². The van der Waals surface area contributed by atoms with Gasteiger partial charge in [0.05, 0.1) is 29.0 Å². The number of amides is 1. The fourth-order valence-corrected chi connectivity index (χ4v) is 3.63. The second-order valence-corrected chi connectivity index (χ2v) is 6.83. The third kappa shape index (κ3) is 2.21. The molecular weight excluding hydrogens is 302 g/mol. The molecule has 2 fully saturated rings. The monoisotopic (exact) mass is 321 g/mol. The summed E-state index contributed by atoms with van der Waals surface area (Å²) in [4.78, 5) is 14.8. The fourth-order valence-electron chi connectivity index (χ4n) is 3.63. The SMILES string of the molecule is O=C(c1cn[nH]c1C1CC1)N1CCC(n2cc3ccccc3n2)C1. The summed E-state index contributed by atoms with van der Waals surface area (Å²) >= 11 is 0. The Hall–Kier alpha value is -2.63. The number of hydrogen-bond acceptors (Lipinski definition) is 3. The number of likely N-dealkylation sites (tertiary alicyclic amines) is 1. The molecule has 6 heteroatoms. The van der Waals surface area contributed by atoms with Gasteiger partial charge in [-0.05, 0) is 25.3 Å². The van der Waals surface area contributed by atoms with Crippen LogP contribution in [0.5, 0.6) is 0 Å². The Bertz CT molecular complexity index is 874. The first-order valence-electron chi connectivity index (χ1n) is 8.56. The molecule has 3 aromatic rings. The Morgan fingerprint density at radius 1 is 1.21 bits per heavy atom. The minimum Gasteiger partial charge on any atom is -0.336 e. The summed E-state index contributed by atoms with van der Waals surface area (Å²) in [5.74, 6) is 0.603. The lowest BCUT2D eigenvalue weighted by atomic mass is 10.1. The van der Waals surface area contributed by atoms with Crippen LogP contribution in [-0.4, -0.2) is 43.9 Å². The predicted octanol–water partition coefficient (Wildman–Crippen LogP) is 2.72. The zero-order valence-corrected chi connectivity index (χ0v) is 13.4. The topological polar surface area (TPSA) is 66.8 Å². The van der Waals surface area contributed by atoms with Gasteiger partial charge in [0.15, 0.2) is 0 Å². The van der Waals surface area contributed by atoms with Crippen LogP contribution in [0.3, 0.4) is 0 Å². The lowest BCUT2D eigenvalue weighted by molar-refractivity contribution is 0.0786. The van der Waals surface area contributed by atoms with Crippen molar-refractivity contribution < 1.29 is 4.79 Å². The van der Waals surface area contributed by atoms with Crippen molar-refractivity contribution in [1.29, 1.82) is 0 Å². The van der Waals surface area contributed by atoms with Crippen LogP contribution in [0.4, 0.5) is 0 Å². The van der Waals surface area contributed by atoms with Gasteiger partial charge in [0.1, 0.15) is 0 Å². The number of carbonyl (C=O) groups is 1. The van der Waals surface area contributed by atoms with E-state index >= 15 is 0 Å². The molecule has 2 aliphatic rings. The highest BCUT2D eigenvalue weighted by molar-refractivity contribution is 5.95. The standard InChI is InChI=1S/C18H19N5O/c24-18(15-9-19-20-17(15)12-5-6-12)22-8-7-14(11-22)23-10-13-3-1-2-4-16(13)21-23/h1-4,9-10,12,14H,5-8,11H2,(H,19,20). The van der Waals surface area contributed by atoms with Crippen molar-refractivity contribution in [3.63, 3.8) is 0 Å². The first-order valence-corrected chi connectivity index (χ1v) is 8.56. The van der Waals surface area contributed by atoms with E-state index in [1.54, 1.807) is 6.20 Å². The van der Waals surface area contributed by atoms with Gasteiger partial charge in [0.2, 0.25) is 0 Å². The highest BCUT2D eigenvalue weighted by Gasteiger charge is 2.34. The number of fused-ring (bicyclic) bond motifs is 1. The van der Waals surface area contributed by atoms with E-state index in [1.807, 2.05) is 27.8 Å². The van der Waals surface area contributed by atoms with E-state index in [0.29, 0.717) is 12.5 Å². The van der Waals surface area contributed by atoms with E-state index < -0.39 is 0 Å². The molecule has 1 saturated heterocycles. The van der Waals surface area contributed by atoms with E-state index in [-0.39, 0.29) is 11.9 Å². The van der Waals surface area contributed by atoms with E-state index in [4.69, 9.17) is 0 Å². The van der Waals surface area contributed by atoms with Crippen molar-refractivity contribution in [2.24, 2.45) is 0 Å². The molecule has 6 nitrogen and oxygen atoms in total. The van der Waals surface area contributed by atoms with Gasteiger partial charge in [-0.25, -0.2) is 0 Å². The molecule has 0 radical (unpaired) electrons. The Labute approximate surface area is 139 Å². The predicted molar refractivity (Wildman–Crippen MR) is 89.9 cm³/mol. The summed E-state index contributed by atoms with van der Waals surface area (Å²) in [6, 6.07) is 8.37. The van der Waals surface area contributed by atoms with Gasteiger partial charge >= 0.3 is 0 Å². The highest BCUT2D eigenvalue weighted by atomic mass is 16.2. The average Bonchev–Trinajstić information content (AvgIpc) is 3.07. The van der Waals surface area contributed by atoms with Crippen molar-refractivity contribution >= 4 is 16.8 Å². The van der Waals surface area contributed by atoms with E-state index in [0.717, 1.165) is 48.0 Å². The minimum absolute atomic E-state index is 0.102. The molecule has 1 amide bonds. The first-order chi connectivity index (χ1) is 11.8. The lowest BCUT2D eigenvalue weighted by Gasteiger charge is -2.16. The van der Waals surface area contributed by atoms with Crippen LogP contribution < -0.4 is 0 Å². The van der Waals surface area contributed by atoms with E-state index in [2.05, 4.69) is 27.6 Å². The molecule has 1 saturated carbocycles. The second-order valence-electron chi connectivity index (χ2n) is 6.83. The molecular formula is C18H19N5O. The Balaban J connectivity index is 1.36. The van der Waals surface area contributed by atoms with Gasteiger partial charge in [0.25, 0.3) is 5.91 Å². The third-order valence-electron chi connectivity index (χ3n) is 5.14. The molecule has 1 aromatic carbocycles. The van der Waals surface area contributed by atoms with Gasteiger partial charge in [-0.1, -0.05) is 18.2 Å². The maximum Gasteiger partial charge on any atom is 0.257 e. The lowest BCUT2D eigenvalue weighted by Crippen LogP contribution is -2.29. The van der Waals surface area contributed by atoms with Gasteiger partial charge in [-0.15, -0.1) is 0 Å². The number of H-pyrrole nitrogens is 1. The number of nitrogens with one attached hydrogen (secondary N) is 1. The number of aromatic amines is 1. The molecule has 1 aliphatic heterocycles. The molecule has 5 rings (SSSR count). The summed E-state index contributed by atoms with van der Waals surface area (Å²) in [5.41, 5.74) is 2.78. The number of benzene rings is 1. The zero-order valence-electron chi connectivity index (χ0n) is 13.4. The van der Waals surface area contributed by atoms with Crippen molar-refractivity contribution in [1.82, 2.24) is 24.9 Å². The Morgan fingerprint density at radius 3 is 2.92 bits per heavy atom. The molecule has 2 aromatic heterocycles. The summed E-state index contributed by atoms with van der Waals surface area (Å²) in [6.45, 7) is 1.48. The van der Waals surface area contributed by atoms with Gasteiger partial charge in [-0.3, -0.25) is 14.6 Å². The minimum atomic E-state index is 0.102. The summed E-state index contributed by atoms with van der Waals surface area (Å²) in [6.07, 6.45) is 7.03. The van der Waals surface area contributed by atoms with Gasteiger partial charge in [-0.2, -0.15) is 10.2 Å². The molecule has 1 aliphatic carbocycles. The van der Waals surface area contributed by atoms with Crippen LogP contribution in [0.2, 0.25) is 0 Å². The van der Waals surface area contributed by atoms with Crippen LogP contribution in [0.25, 0.3) is 10.9 Å². The molecule has 1 N–H and O–H groups in total. The maximum absolute atomic E-state index is 12.8. The van der Waals surface area contributed by atoms with Gasteiger partial charge < -0.3 is 4.90 Å². The molecule has 0 bridgehead atoms. The molecule has 122 valence electrons. The molecule has 0 spiro atoms. The number of carbonyl (C=O) groups excluding carboxylic acids is 1. The van der Waals surface area contributed by atoms with E-state index in [1.165, 1.54) is 0 Å². The second kappa shape index (κ2) is 5.19. The van der Waals surface area contributed by atoms with Crippen LogP contribution in [0, 0.1) is 0 Å². The first kappa shape index (κ1) is 13.8. The van der Waals surface area contributed by atoms with Crippen LogP contribution in [0.1, 0.15) is 47.3 Å². The molecule has 1 unspecified atom stereocenters. The average molecular weight is 321 g/mol. The number of hydrogen-bond donors (Lipinski definition) is 1.